The lowest BCUT2D eigenvalue weighted by atomic mass is 10.3. The van der Waals surface area contributed by atoms with Gasteiger partial charge in [-0.3, -0.25) is 4.79 Å². The topological polar surface area (TPSA) is 98.9 Å². The Labute approximate surface area is 80.2 Å². The molecule has 2 N–H and O–H groups in total. The normalized spacial score (nSPS) is 9.07. The molecule has 1 rings (SSSR count). The molecule has 0 atom stereocenters. The van der Waals surface area contributed by atoms with Crippen molar-refractivity contribution in [3.8, 4) is 6.07 Å². The van der Waals surface area contributed by atoms with Crippen LogP contribution in [-0.4, -0.2) is 27.8 Å². The van der Waals surface area contributed by atoms with Crippen LogP contribution in [-0.2, 0) is 4.79 Å². The van der Waals surface area contributed by atoms with Crippen LogP contribution >= 0.6 is 0 Å². The van der Waals surface area contributed by atoms with E-state index in [2.05, 4.69) is 15.5 Å². The first-order valence-corrected chi connectivity index (χ1v) is 3.91. The van der Waals surface area contributed by atoms with Gasteiger partial charge in [0, 0.05) is 12.6 Å². The third-order valence-electron chi connectivity index (χ3n) is 1.43. The van der Waals surface area contributed by atoms with Crippen molar-refractivity contribution in [1.29, 1.82) is 5.26 Å². The Morgan fingerprint density at radius 2 is 2.50 bits per heavy atom. The van der Waals surface area contributed by atoms with Crippen LogP contribution in [0, 0.1) is 11.3 Å². The molecule has 0 amide bonds. The van der Waals surface area contributed by atoms with Gasteiger partial charge >= 0.3 is 5.97 Å². The SMILES string of the molecule is N#Cc1cnnc(NCCC(=O)O)c1. The van der Waals surface area contributed by atoms with Gasteiger partial charge in [-0.2, -0.15) is 10.4 Å². The maximum atomic E-state index is 10.2. The summed E-state index contributed by atoms with van der Waals surface area (Å²) in [6, 6.07) is 3.42. The molecule has 0 spiro atoms. The third-order valence-corrected chi connectivity index (χ3v) is 1.43. The molecule has 0 unspecified atom stereocenters. The lowest BCUT2D eigenvalue weighted by molar-refractivity contribution is -0.136. The van der Waals surface area contributed by atoms with Crippen molar-refractivity contribution in [2.24, 2.45) is 0 Å². The van der Waals surface area contributed by atoms with E-state index in [1.165, 1.54) is 12.3 Å². The largest absolute Gasteiger partial charge is 0.481 e. The van der Waals surface area contributed by atoms with Crippen LogP contribution in [0.1, 0.15) is 12.0 Å². The maximum absolute atomic E-state index is 10.2. The van der Waals surface area contributed by atoms with Gasteiger partial charge in [-0.05, 0) is 0 Å². The molecular formula is C8H8N4O2. The van der Waals surface area contributed by atoms with E-state index in [1.54, 1.807) is 0 Å². The number of aliphatic carboxylic acids is 1. The molecule has 0 aromatic carbocycles. The van der Waals surface area contributed by atoms with Crippen molar-refractivity contribution in [3.05, 3.63) is 17.8 Å². The predicted octanol–water partition coefficient (Wildman–Crippen LogP) is 0.235. The number of nitrogens with zero attached hydrogens (tertiary/aromatic N) is 3. The van der Waals surface area contributed by atoms with E-state index in [9.17, 15) is 4.79 Å². The lowest BCUT2D eigenvalue weighted by Gasteiger charge is -2.01. The van der Waals surface area contributed by atoms with Gasteiger partial charge in [-0.1, -0.05) is 0 Å². The van der Waals surface area contributed by atoms with E-state index in [4.69, 9.17) is 10.4 Å². The van der Waals surface area contributed by atoms with Crippen molar-refractivity contribution in [3.63, 3.8) is 0 Å². The van der Waals surface area contributed by atoms with Gasteiger partial charge in [0.1, 0.15) is 11.9 Å². The number of nitrogens with one attached hydrogen (secondary N) is 1. The highest BCUT2D eigenvalue weighted by molar-refractivity contribution is 5.67. The minimum absolute atomic E-state index is 0.00153. The first-order valence-electron chi connectivity index (χ1n) is 3.91. The zero-order valence-electron chi connectivity index (χ0n) is 7.27. The van der Waals surface area contributed by atoms with Crippen molar-refractivity contribution in [2.45, 2.75) is 6.42 Å². The average molecular weight is 192 g/mol. The number of carboxylic acids is 1. The Morgan fingerprint density at radius 3 is 3.14 bits per heavy atom. The highest BCUT2D eigenvalue weighted by Crippen LogP contribution is 2.02. The van der Waals surface area contributed by atoms with Crippen molar-refractivity contribution >= 4 is 11.8 Å². The number of aromatic nitrogens is 2. The Bertz CT molecular complexity index is 372. The van der Waals surface area contributed by atoms with Crippen LogP contribution in [0.3, 0.4) is 0 Å². The lowest BCUT2D eigenvalue weighted by Crippen LogP contribution is -2.09. The number of hydrogen-bond acceptors (Lipinski definition) is 5. The molecule has 0 aliphatic rings. The zero-order valence-corrected chi connectivity index (χ0v) is 7.27. The van der Waals surface area contributed by atoms with Crippen molar-refractivity contribution in [2.75, 3.05) is 11.9 Å². The number of rotatable bonds is 4. The molecule has 0 saturated carbocycles. The number of carboxylic acid groups (broad SMARTS) is 1. The number of hydrogen-bond donors (Lipinski definition) is 2. The summed E-state index contributed by atoms with van der Waals surface area (Å²) in [5.41, 5.74) is 0.387. The highest BCUT2D eigenvalue weighted by atomic mass is 16.4. The molecule has 6 nitrogen and oxygen atoms in total. The van der Waals surface area contributed by atoms with E-state index in [1.807, 2.05) is 6.07 Å². The molecule has 0 aliphatic carbocycles. The second-order valence-corrected chi connectivity index (χ2v) is 2.51. The molecule has 0 fully saturated rings. The maximum Gasteiger partial charge on any atom is 0.305 e. The average Bonchev–Trinajstić information content (AvgIpc) is 2.18. The Kier molecular flexibility index (Phi) is 3.38. The predicted molar refractivity (Wildman–Crippen MR) is 47.5 cm³/mol. The zero-order chi connectivity index (χ0) is 10.4. The number of anilines is 1. The summed E-state index contributed by atoms with van der Waals surface area (Å²) in [7, 11) is 0. The van der Waals surface area contributed by atoms with Crippen LogP contribution < -0.4 is 5.32 Å². The number of nitriles is 1. The fourth-order valence-corrected chi connectivity index (χ4v) is 0.812. The second-order valence-electron chi connectivity index (χ2n) is 2.51. The van der Waals surface area contributed by atoms with Gasteiger partial charge in [0.2, 0.25) is 0 Å². The second kappa shape index (κ2) is 4.77. The summed E-state index contributed by atoms with van der Waals surface area (Å²) < 4.78 is 0. The summed E-state index contributed by atoms with van der Waals surface area (Å²) in [4.78, 5) is 10.2. The minimum Gasteiger partial charge on any atom is -0.481 e. The molecule has 1 heterocycles. The van der Waals surface area contributed by atoms with E-state index in [0.29, 0.717) is 11.4 Å². The molecule has 0 aliphatic heterocycles. The van der Waals surface area contributed by atoms with Gasteiger partial charge in [0.05, 0.1) is 18.2 Å². The minimum atomic E-state index is -0.887. The van der Waals surface area contributed by atoms with Crippen LogP contribution in [0.4, 0.5) is 5.82 Å². The smallest absolute Gasteiger partial charge is 0.305 e. The van der Waals surface area contributed by atoms with Crippen LogP contribution in [0.2, 0.25) is 0 Å². The third kappa shape index (κ3) is 3.06. The van der Waals surface area contributed by atoms with Gasteiger partial charge in [0.25, 0.3) is 0 Å². The van der Waals surface area contributed by atoms with E-state index in [0.717, 1.165) is 0 Å². The van der Waals surface area contributed by atoms with Gasteiger partial charge < -0.3 is 10.4 Å². The van der Waals surface area contributed by atoms with E-state index < -0.39 is 5.97 Å². The fourth-order valence-electron chi connectivity index (χ4n) is 0.812. The van der Waals surface area contributed by atoms with Gasteiger partial charge in [-0.25, -0.2) is 0 Å². The summed E-state index contributed by atoms with van der Waals surface area (Å²) in [6.45, 7) is 0.263. The molecule has 0 saturated heterocycles. The first kappa shape index (κ1) is 9.92. The Morgan fingerprint density at radius 1 is 1.71 bits per heavy atom. The van der Waals surface area contributed by atoms with Gasteiger partial charge in [0.15, 0.2) is 0 Å². The molecule has 6 heteroatoms. The molecular weight excluding hydrogens is 184 g/mol. The van der Waals surface area contributed by atoms with Crippen LogP contribution in [0.5, 0.6) is 0 Å². The summed E-state index contributed by atoms with van der Waals surface area (Å²) in [5, 5.41) is 26.9. The Balaban J connectivity index is 2.51. The monoisotopic (exact) mass is 192 g/mol. The fraction of sp³-hybridized carbons (Fsp3) is 0.250. The first-order chi connectivity index (χ1) is 6.72. The molecule has 0 bridgehead atoms. The quantitative estimate of drug-likeness (QED) is 0.708. The summed E-state index contributed by atoms with van der Waals surface area (Å²) >= 11 is 0. The molecule has 1 aromatic rings. The standard InChI is InChI=1S/C8H8N4O2/c9-4-6-3-7(12-11-5-6)10-2-1-8(13)14/h3,5H,1-2H2,(H,10,12)(H,13,14). The van der Waals surface area contributed by atoms with Crippen LogP contribution in [0.15, 0.2) is 12.3 Å². The Hall–Kier alpha value is -2.16. The molecule has 0 radical (unpaired) electrons. The van der Waals surface area contributed by atoms with Crippen molar-refractivity contribution in [1.82, 2.24) is 10.2 Å². The number of carbonyl (C=O) groups is 1. The molecule has 1 aromatic heterocycles. The van der Waals surface area contributed by atoms with E-state index >= 15 is 0 Å². The summed E-state index contributed by atoms with van der Waals surface area (Å²) in [6.07, 6.45) is 1.33. The van der Waals surface area contributed by atoms with Gasteiger partial charge in [-0.15, -0.1) is 5.10 Å². The van der Waals surface area contributed by atoms with E-state index in [-0.39, 0.29) is 13.0 Å². The molecule has 14 heavy (non-hydrogen) atoms. The van der Waals surface area contributed by atoms with Crippen LogP contribution in [0.25, 0.3) is 0 Å². The highest BCUT2D eigenvalue weighted by Gasteiger charge is 1.99. The molecule has 72 valence electrons. The van der Waals surface area contributed by atoms with Crippen molar-refractivity contribution < 1.29 is 9.90 Å². The summed E-state index contributed by atoms with van der Waals surface area (Å²) in [5.74, 6) is -0.479.